The molecule has 2 aliphatic rings. The second-order valence-electron chi connectivity index (χ2n) is 10.8. The number of aromatic nitrogens is 4. The second kappa shape index (κ2) is 9.68. The molecule has 3 aromatic heterocycles. The number of pyridine rings is 1. The van der Waals surface area contributed by atoms with E-state index in [-0.39, 0.29) is 24.2 Å². The lowest BCUT2D eigenvalue weighted by molar-refractivity contribution is -0.162. The van der Waals surface area contributed by atoms with Gasteiger partial charge >= 0.3 is 0 Å². The summed E-state index contributed by atoms with van der Waals surface area (Å²) in [6.45, 7) is 12.0. The Bertz CT molecular complexity index is 1290. The zero-order valence-corrected chi connectivity index (χ0v) is 23.2. The smallest absolute Gasteiger partial charge is 0.224 e. The second-order valence-corrected chi connectivity index (χ2v) is 11.8. The Labute approximate surface area is 220 Å². The minimum absolute atomic E-state index is 0.204. The molecule has 4 unspecified atom stereocenters. The largest absolute Gasteiger partial charge is 0.383 e. The van der Waals surface area contributed by atoms with E-state index >= 15 is 4.39 Å². The standard InChI is InChI=1S/C26H35FN6O3S/c1-13-18(23-32-19-14(2)28-9-8-17(19)37-23)22(33-24(30-13)29-10-11-34-7)31-16-12-15(25(3,4)27)20-21(16)36-26(5,6)35-20/h8-9,15-16,20-21H,10-12H2,1-7H3,(H2,29,30,31,33). The summed E-state index contributed by atoms with van der Waals surface area (Å²) in [6.07, 6.45) is 1.67. The molecule has 0 aromatic carbocycles. The van der Waals surface area contributed by atoms with Crippen molar-refractivity contribution in [1.82, 2.24) is 19.9 Å². The van der Waals surface area contributed by atoms with Gasteiger partial charge in [-0.25, -0.2) is 14.4 Å². The van der Waals surface area contributed by atoms with E-state index in [0.29, 0.717) is 31.3 Å². The summed E-state index contributed by atoms with van der Waals surface area (Å²) in [4.78, 5) is 18.9. The third-order valence-electron chi connectivity index (χ3n) is 7.05. The number of nitrogens with zero attached hydrogens (tertiary/aromatic N) is 4. The zero-order valence-electron chi connectivity index (χ0n) is 22.4. The highest BCUT2D eigenvalue weighted by atomic mass is 32.1. The molecule has 5 rings (SSSR count). The maximum atomic E-state index is 15.3. The lowest BCUT2D eigenvalue weighted by Crippen LogP contribution is -2.36. The van der Waals surface area contributed by atoms with Crippen LogP contribution >= 0.6 is 11.3 Å². The average Bonchev–Trinajstić information content (AvgIpc) is 3.45. The lowest BCUT2D eigenvalue weighted by atomic mass is 9.89. The molecule has 4 atom stereocenters. The number of nitrogens with one attached hydrogen (secondary N) is 2. The molecule has 2 N–H and O–H groups in total. The van der Waals surface area contributed by atoms with Gasteiger partial charge in [-0.15, -0.1) is 11.3 Å². The maximum absolute atomic E-state index is 15.3. The van der Waals surface area contributed by atoms with Gasteiger partial charge in [0.15, 0.2) is 5.79 Å². The normalized spacial score (nSPS) is 25.0. The minimum atomic E-state index is -1.42. The zero-order chi connectivity index (χ0) is 26.5. The van der Waals surface area contributed by atoms with Crippen molar-refractivity contribution >= 4 is 33.3 Å². The Hall–Kier alpha value is -2.47. The number of hydrogen-bond acceptors (Lipinski definition) is 10. The SMILES string of the molecule is COCCNc1nc(C)c(-c2nc3c(C)nccc3s2)c(NC2CC(C(C)(C)F)C3OC(C)(C)OC23)n1. The number of aryl methyl sites for hydroxylation is 2. The van der Waals surface area contributed by atoms with Crippen molar-refractivity contribution in [2.45, 2.75) is 77.7 Å². The highest BCUT2D eigenvalue weighted by Gasteiger charge is 2.58. The van der Waals surface area contributed by atoms with Crippen molar-refractivity contribution in [3.05, 3.63) is 23.7 Å². The molecule has 1 saturated heterocycles. The topological polar surface area (TPSA) is 103 Å². The molecule has 1 aliphatic heterocycles. The van der Waals surface area contributed by atoms with Crippen LogP contribution in [0.25, 0.3) is 20.8 Å². The van der Waals surface area contributed by atoms with Gasteiger partial charge in [-0.2, -0.15) is 4.98 Å². The van der Waals surface area contributed by atoms with Gasteiger partial charge in [-0.3, -0.25) is 4.98 Å². The summed E-state index contributed by atoms with van der Waals surface area (Å²) in [5.74, 6) is 0.0132. The number of rotatable bonds is 8. The van der Waals surface area contributed by atoms with E-state index in [1.165, 1.54) is 0 Å². The molecule has 11 heteroatoms. The van der Waals surface area contributed by atoms with Gasteiger partial charge in [-0.05, 0) is 54.0 Å². The number of thiazole rings is 1. The van der Waals surface area contributed by atoms with Crippen molar-refractivity contribution in [2.75, 3.05) is 30.9 Å². The quantitative estimate of drug-likeness (QED) is 0.394. The highest BCUT2D eigenvalue weighted by molar-refractivity contribution is 7.21. The number of hydrogen-bond donors (Lipinski definition) is 2. The third kappa shape index (κ3) is 5.14. The van der Waals surface area contributed by atoms with E-state index in [9.17, 15) is 0 Å². The van der Waals surface area contributed by atoms with Crippen LogP contribution in [0, 0.1) is 19.8 Å². The van der Waals surface area contributed by atoms with Gasteiger partial charge in [0.25, 0.3) is 0 Å². The van der Waals surface area contributed by atoms with Crippen LogP contribution in [0.5, 0.6) is 0 Å². The first kappa shape index (κ1) is 26.1. The Morgan fingerprint density at radius 2 is 1.92 bits per heavy atom. The number of alkyl halides is 1. The Morgan fingerprint density at radius 3 is 2.62 bits per heavy atom. The number of ether oxygens (including phenoxy) is 3. The molecule has 200 valence electrons. The van der Waals surface area contributed by atoms with Gasteiger partial charge in [0.1, 0.15) is 28.1 Å². The number of halogens is 1. The van der Waals surface area contributed by atoms with Crippen LogP contribution in [0.4, 0.5) is 16.2 Å². The van der Waals surface area contributed by atoms with Gasteiger partial charge in [0.05, 0.1) is 40.4 Å². The molecule has 1 saturated carbocycles. The summed E-state index contributed by atoms with van der Waals surface area (Å²) >= 11 is 1.57. The average molecular weight is 531 g/mol. The first-order chi connectivity index (χ1) is 17.5. The van der Waals surface area contributed by atoms with Gasteiger partial charge in [0.2, 0.25) is 5.95 Å². The third-order valence-corrected chi connectivity index (χ3v) is 8.09. The van der Waals surface area contributed by atoms with E-state index in [2.05, 4.69) is 15.6 Å². The van der Waals surface area contributed by atoms with E-state index in [1.54, 1.807) is 38.5 Å². The minimum Gasteiger partial charge on any atom is -0.383 e. The summed E-state index contributed by atoms with van der Waals surface area (Å²) < 4.78 is 34.0. The molecule has 4 heterocycles. The highest BCUT2D eigenvalue weighted by Crippen LogP contribution is 2.48. The van der Waals surface area contributed by atoms with Crippen LogP contribution in [-0.2, 0) is 14.2 Å². The number of anilines is 2. The van der Waals surface area contributed by atoms with Gasteiger partial charge in [0, 0.05) is 25.8 Å². The van der Waals surface area contributed by atoms with Crippen LogP contribution in [0.1, 0.15) is 45.5 Å². The molecule has 1 aliphatic carbocycles. The van der Waals surface area contributed by atoms with Crippen molar-refractivity contribution in [3.63, 3.8) is 0 Å². The van der Waals surface area contributed by atoms with Crippen LogP contribution in [0.15, 0.2) is 12.3 Å². The molecule has 9 nitrogen and oxygen atoms in total. The lowest BCUT2D eigenvalue weighted by Gasteiger charge is -2.29. The number of methoxy groups -OCH3 is 1. The molecule has 0 bridgehead atoms. The molecule has 37 heavy (non-hydrogen) atoms. The fraction of sp³-hybridized carbons (Fsp3) is 0.615. The van der Waals surface area contributed by atoms with E-state index in [4.69, 9.17) is 29.2 Å². The summed E-state index contributed by atoms with van der Waals surface area (Å²) in [6, 6.07) is 1.76. The molecule has 0 amide bonds. The van der Waals surface area contributed by atoms with E-state index in [1.807, 2.05) is 33.8 Å². The van der Waals surface area contributed by atoms with Gasteiger partial charge < -0.3 is 24.8 Å². The first-order valence-corrected chi connectivity index (χ1v) is 13.4. The monoisotopic (exact) mass is 530 g/mol. The van der Waals surface area contributed by atoms with Crippen molar-refractivity contribution in [1.29, 1.82) is 0 Å². The fourth-order valence-corrected chi connectivity index (χ4v) is 6.45. The van der Waals surface area contributed by atoms with Crippen molar-refractivity contribution < 1.29 is 18.6 Å². The first-order valence-electron chi connectivity index (χ1n) is 12.6. The van der Waals surface area contributed by atoms with E-state index < -0.39 is 11.5 Å². The molecule has 2 fully saturated rings. The van der Waals surface area contributed by atoms with E-state index in [0.717, 1.165) is 32.2 Å². The maximum Gasteiger partial charge on any atom is 0.224 e. The predicted octanol–water partition coefficient (Wildman–Crippen LogP) is 4.89. The summed E-state index contributed by atoms with van der Waals surface area (Å²) in [5, 5.41) is 7.64. The van der Waals surface area contributed by atoms with Crippen molar-refractivity contribution in [3.8, 4) is 10.6 Å². The van der Waals surface area contributed by atoms with Crippen LogP contribution in [-0.4, -0.2) is 69.9 Å². The Kier molecular flexibility index (Phi) is 6.84. The molecular weight excluding hydrogens is 495 g/mol. The fourth-order valence-electron chi connectivity index (χ4n) is 5.34. The molecular formula is C26H35FN6O3S. The summed E-state index contributed by atoms with van der Waals surface area (Å²) in [5.41, 5.74) is 1.91. The van der Waals surface area contributed by atoms with Crippen LogP contribution in [0.3, 0.4) is 0 Å². The molecule has 0 radical (unpaired) electrons. The summed E-state index contributed by atoms with van der Waals surface area (Å²) in [7, 11) is 1.65. The Morgan fingerprint density at radius 1 is 1.16 bits per heavy atom. The predicted molar refractivity (Wildman–Crippen MR) is 143 cm³/mol. The number of fused-ring (bicyclic) bond motifs is 2. The van der Waals surface area contributed by atoms with Crippen LogP contribution in [0.2, 0.25) is 0 Å². The van der Waals surface area contributed by atoms with Crippen LogP contribution < -0.4 is 10.6 Å². The molecule has 3 aromatic rings. The Balaban J connectivity index is 1.55. The molecule has 0 spiro atoms. The van der Waals surface area contributed by atoms with Gasteiger partial charge in [-0.1, -0.05) is 0 Å². The van der Waals surface area contributed by atoms with Crippen molar-refractivity contribution in [2.24, 2.45) is 5.92 Å².